The minimum absolute atomic E-state index is 0.0621. The zero-order chi connectivity index (χ0) is 30.4. The van der Waals surface area contributed by atoms with Gasteiger partial charge in [-0.15, -0.1) is 0 Å². The molecule has 1 aliphatic carbocycles. The summed E-state index contributed by atoms with van der Waals surface area (Å²) in [5.41, 5.74) is -1.93. The van der Waals surface area contributed by atoms with Crippen molar-refractivity contribution in [2.75, 3.05) is 5.32 Å². The molecule has 5 rings (SSSR count). The van der Waals surface area contributed by atoms with E-state index in [1.165, 1.54) is 12.1 Å². The van der Waals surface area contributed by atoms with Gasteiger partial charge in [0.05, 0.1) is 35.2 Å². The van der Waals surface area contributed by atoms with E-state index < -0.39 is 57.5 Å². The largest absolute Gasteiger partial charge is 0.481 e. The number of aromatic nitrogens is 4. The van der Waals surface area contributed by atoms with Crippen LogP contribution in [0, 0.1) is 24.0 Å². The normalized spacial score (nSPS) is 16.0. The smallest absolute Gasteiger partial charge is 0.396 e. The molecule has 1 fully saturated rings. The van der Waals surface area contributed by atoms with Gasteiger partial charge in [0.2, 0.25) is 0 Å². The van der Waals surface area contributed by atoms with Crippen LogP contribution in [0.25, 0.3) is 22.4 Å². The first-order valence-corrected chi connectivity index (χ1v) is 14.2. The van der Waals surface area contributed by atoms with Gasteiger partial charge in [-0.2, -0.15) is 13.2 Å². The van der Waals surface area contributed by atoms with Gasteiger partial charge in [-0.05, 0) is 38.0 Å². The number of rotatable bonds is 8. The summed E-state index contributed by atoms with van der Waals surface area (Å²) in [6.45, 7) is 1.77. The lowest BCUT2D eigenvalue weighted by Crippen LogP contribution is -2.50. The van der Waals surface area contributed by atoms with E-state index in [9.17, 15) is 40.3 Å². The van der Waals surface area contributed by atoms with Crippen LogP contribution in [-0.4, -0.2) is 50.6 Å². The molecule has 2 N–H and O–H groups in total. The second kappa shape index (κ2) is 10.6. The number of anilines is 1. The number of carbonyl (C=O) groups is 1. The number of nitrogens with one attached hydrogen (secondary N) is 1. The molecular formula is C27H24F5N5O4S. The van der Waals surface area contributed by atoms with Crippen LogP contribution in [0.15, 0.2) is 53.8 Å². The monoisotopic (exact) mass is 609 g/mol. The number of hydrogen-bond donors (Lipinski definition) is 2. The maximum Gasteiger partial charge on any atom is 0.396 e. The molecule has 1 aliphatic rings. The molecule has 0 amide bonds. The second-order valence-corrected chi connectivity index (χ2v) is 12.0. The number of fused-ring (bicyclic) bond motifs is 1. The zero-order valence-electron chi connectivity index (χ0n) is 22.0. The third-order valence-corrected chi connectivity index (χ3v) is 9.22. The van der Waals surface area contributed by atoms with Crippen molar-refractivity contribution in [3.05, 3.63) is 66.1 Å². The molecule has 0 bridgehead atoms. The van der Waals surface area contributed by atoms with Crippen molar-refractivity contribution in [2.45, 2.75) is 56.1 Å². The number of hydrogen-bond acceptors (Lipinski definition) is 7. The van der Waals surface area contributed by atoms with Gasteiger partial charge in [0.15, 0.2) is 23.1 Å². The highest BCUT2D eigenvalue weighted by molar-refractivity contribution is 7.90. The van der Waals surface area contributed by atoms with E-state index in [0.717, 1.165) is 28.0 Å². The Morgan fingerprint density at radius 3 is 2.40 bits per heavy atom. The van der Waals surface area contributed by atoms with Gasteiger partial charge in [0, 0.05) is 17.1 Å². The van der Waals surface area contributed by atoms with Crippen molar-refractivity contribution < 1.29 is 40.3 Å². The van der Waals surface area contributed by atoms with Crippen LogP contribution in [0.2, 0.25) is 0 Å². The summed E-state index contributed by atoms with van der Waals surface area (Å²) < 4.78 is 99.8. The molecule has 0 saturated heterocycles. The fraction of sp³-hybridized carbons (Fsp3) is 0.333. The van der Waals surface area contributed by atoms with E-state index >= 15 is 0 Å². The minimum atomic E-state index is -4.79. The summed E-state index contributed by atoms with van der Waals surface area (Å²) in [4.78, 5) is 23.3. The standard InChI is InChI=1S/C27H24F5N5O4S/c1-15-4-6-17(7-5-15)42(40,41)37-14-19(18-10-16(28)12-34-25(18)37)23-33-13-20(29)24(36-23)35-21(11-22(38)39)26(27(30,31)32)8-2-3-9-26/h4-7,10,12-14,21H,2-3,8-9,11H2,1H3,(H,38,39)(H,33,35,36). The molecule has 1 atom stereocenters. The van der Waals surface area contributed by atoms with Crippen LogP contribution in [0.3, 0.4) is 0 Å². The Kier molecular flexibility index (Phi) is 7.41. The van der Waals surface area contributed by atoms with Crippen molar-refractivity contribution in [3.8, 4) is 11.4 Å². The third-order valence-electron chi connectivity index (χ3n) is 7.56. The summed E-state index contributed by atoms with van der Waals surface area (Å²) in [6, 6.07) is 5.12. The van der Waals surface area contributed by atoms with E-state index in [4.69, 9.17) is 0 Å². The Balaban J connectivity index is 1.63. The Morgan fingerprint density at radius 1 is 1.12 bits per heavy atom. The average molecular weight is 610 g/mol. The number of benzene rings is 1. The molecule has 4 aromatic rings. The maximum absolute atomic E-state index is 14.9. The van der Waals surface area contributed by atoms with Crippen LogP contribution in [0.4, 0.5) is 27.8 Å². The molecule has 3 aromatic heterocycles. The van der Waals surface area contributed by atoms with E-state index in [-0.39, 0.29) is 53.0 Å². The third kappa shape index (κ3) is 5.16. The molecule has 3 heterocycles. The van der Waals surface area contributed by atoms with Crippen molar-refractivity contribution in [3.63, 3.8) is 0 Å². The number of aliphatic carboxylic acids is 1. The number of aryl methyl sites for hydroxylation is 1. The lowest BCUT2D eigenvalue weighted by atomic mass is 9.76. The van der Waals surface area contributed by atoms with Crippen LogP contribution >= 0.6 is 0 Å². The number of carboxylic acids is 1. The Morgan fingerprint density at radius 2 is 1.79 bits per heavy atom. The lowest BCUT2D eigenvalue weighted by Gasteiger charge is -2.39. The van der Waals surface area contributed by atoms with Crippen molar-refractivity contribution in [1.82, 2.24) is 18.9 Å². The highest BCUT2D eigenvalue weighted by atomic mass is 32.2. The quantitative estimate of drug-likeness (QED) is 0.244. The first-order chi connectivity index (χ1) is 19.7. The van der Waals surface area contributed by atoms with Crippen LogP contribution < -0.4 is 5.32 Å². The summed E-state index contributed by atoms with van der Waals surface area (Å²) in [7, 11) is -4.27. The van der Waals surface area contributed by atoms with Crippen LogP contribution in [0.5, 0.6) is 0 Å². The average Bonchev–Trinajstić information content (AvgIpc) is 3.56. The van der Waals surface area contributed by atoms with Crippen molar-refractivity contribution in [2.24, 2.45) is 5.41 Å². The van der Waals surface area contributed by atoms with E-state index in [0.29, 0.717) is 6.20 Å². The van der Waals surface area contributed by atoms with E-state index in [1.807, 2.05) is 0 Å². The summed E-state index contributed by atoms with van der Waals surface area (Å²) in [5.74, 6) is -4.58. The molecule has 1 aromatic carbocycles. The lowest BCUT2D eigenvalue weighted by molar-refractivity contribution is -0.228. The Hall–Kier alpha value is -4.14. The summed E-state index contributed by atoms with van der Waals surface area (Å²) >= 11 is 0. The van der Waals surface area contributed by atoms with Gasteiger partial charge in [0.1, 0.15) is 5.82 Å². The molecule has 9 nitrogen and oxygen atoms in total. The Labute approximate surface area is 236 Å². The summed E-state index contributed by atoms with van der Waals surface area (Å²) in [5, 5.41) is 11.7. The van der Waals surface area contributed by atoms with Crippen molar-refractivity contribution in [1.29, 1.82) is 0 Å². The number of alkyl halides is 3. The Bertz CT molecular complexity index is 1770. The second-order valence-electron chi connectivity index (χ2n) is 10.2. The first kappa shape index (κ1) is 29.4. The molecular weight excluding hydrogens is 585 g/mol. The van der Waals surface area contributed by atoms with Gasteiger partial charge in [-0.3, -0.25) is 4.79 Å². The van der Waals surface area contributed by atoms with Crippen LogP contribution in [-0.2, 0) is 14.8 Å². The van der Waals surface area contributed by atoms with E-state index in [2.05, 4.69) is 20.3 Å². The van der Waals surface area contributed by atoms with Crippen LogP contribution in [0.1, 0.15) is 37.7 Å². The first-order valence-electron chi connectivity index (χ1n) is 12.8. The topological polar surface area (TPSA) is 127 Å². The highest BCUT2D eigenvalue weighted by Crippen LogP contribution is 2.54. The van der Waals surface area contributed by atoms with Gasteiger partial charge in [0.25, 0.3) is 10.0 Å². The molecule has 222 valence electrons. The fourth-order valence-corrected chi connectivity index (χ4v) is 6.72. The van der Waals surface area contributed by atoms with Gasteiger partial charge in [-0.25, -0.2) is 36.1 Å². The van der Waals surface area contributed by atoms with Gasteiger partial charge >= 0.3 is 12.1 Å². The number of carboxylic acid groups (broad SMARTS) is 1. The minimum Gasteiger partial charge on any atom is -0.481 e. The number of halogens is 5. The molecule has 0 spiro atoms. The maximum atomic E-state index is 14.9. The van der Waals surface area contributed by atoms with Gasteiger partial charge in [-0.1, -0.05) is 30.5 Å². The molecule has 42 heavy (non-hydrogen) atoms. The molecule has 15 heteroatoms. The molecule has 1 saturated carbocycles. The molecule has 0 aliphatic heterocycles. The zero-order valence-corrected chi connectivity index (χ0v) is 22.8. The predicted octanol–water partition coefficient (Wildman–Crippen LogP) is 5.69. The van der Waals surface area contributed by atoms with E-state index in [1.54, 1.807) is 19.1 Å². The predicted molar refractivity (Wildman–Crippen MR) is 141 cm³/mol. The highest BCUT2D eigenvalue weighted by Gasteiger charge is 2.60. The SMILES string of the molecule is Cc1ccc(S(=O)(=O)n2cc(-c3ncc(F)c(NC(CC(=O)O)C4(C(F)(F)F)CCCC4)n3)c3cc(F)cnc32)cc1. The fourth-order valence-electron chi connectivity index (χ4n) is 5.40. The van der Waals surface area contributed by atoms with Gasteiger partial charge < -0.3 is 10.4 Å². The number of pyridine rings is 1. The molecule has 1 unspecified atom stereocenters. The number of nitrogens with zero attached hydrogens (tertiary/aromatic N) is 4. The van der Waals surface area contributed by atoms with Crippen molar-refractivity contribution >= 4 is 32.8 Å². The molecule has 0 radical (unpaired) electrons. The summed E-state index contributed by atoms with van der Waals surface area (Å²) in [6.07, 6.45) is -3.52.